The van der Waals surface area contributed by atoms with Crippen LogP contribution < -0.4 is 5.84 Å². The Balaban J connectivity index is 2.06. The summed E-state index contributed by atoms with van der Waals surface area (Å²) in [5.74, 6) is 6.33. The van der Waals surface area contributed by atoms with Crippen LogP contribution in [0.1, 0.15) is 17.9 Å². The fourth-order valence-corrected chi connectivity index (χ4v) is 1.69. The van der Waals surface area contributed by atoms with Gasteiger partial charge in [0.2, 0.25) is 0 Å². The van der Waals surface area contributed by atoms with E-state index in [0.29, 0.717) is 12.0 Å². The Morgan fingerprint density at radius 2 is 2.00 bits per heavy atom. The summed E-state index contributed by atoms with van der Waals surface area (Å²) in [6.45, 7) is 0. The van der Waals surface area contributed by atoms with Gasteiger partial charge in [-0.2, -0.15) is 0 Å². The van der Waals surface area contributed by atoms with Crippen molar-refractivity contribution in [2.24, 2.45) is 5.84 Å². The van der Waals surface area contributed by atoms with Crippen molar-refractivity contribution in [1.82, 2.24) is 5.01 Å². The topological polar surface area (TPSA) is 29.3 Å². The molecule has 1 aromatic rings. The van der Waals surface area contributed by atoms with E-state index in [0.717, 1.165) is 0 Å². The number of hydrogen-bond donors (Lipinski definition) is 1. The number of hydrogen-bond acceptors (Lipinski definition) is 2. The lowest BCUT2D eigenvalue weighted by atomic mass is 10.1. The second-order valence-electron chi connectivity index (χ2n) is 3.49. The van der Waals surface area contributed by atoms with Crippen molar-refractivity contribution in [3.8, 4) is 0 Å². The fourth-order valence-electron chi connectivity index (χ4n) is 1.69. The van der Waals surface area contributed by atoms with E-state index in [1.54, 1.807) is 0 Å². The molecular formula is C10H14N2. The molecule has 1 fully saturated rings. The van der Waals surface area contributed by atoms with Crippen LogP contribution in [-0.2, 0) is 0 Å². The highest BCUT2D eigenvalue weighted by Crippen LogP contribution is 2.42. The second-order valence-corrected chi connectivity index (χ2v) is 3.49. The zero-order chi connectivity index (χ0) is 8.55. The van der Waals surface area contributed by atoms with E-state index in [1.165, 1.54) is 12.0 Å². The Bertz CT molecular complexity index is 256. The maximum absolute atomic E-state index is 5.66. The quantitative estimate of drug-likeness (QED) is 0.525. The number of hydrazine groups is 1. The zero-order valence-electron chi connectivity index (χ0n) is 7.27. The summed E-state index contributed by atoms with van der Waals surface area (Å²) in [6, 6.07) is 11.1. The Morgan fingerprint density at radius 3 is 2.50 bits per heavy atom. The minimum atomic E-state index is 0.562. The van der Waals surface area contributed by atoms with Gasteiger partial charge in [0.05, 0.1) is 0 Å². The third-order valence-corrected chi connectivity index (χ3v) is 2.51. The lowest BCUT2D eigenvalue weighted by Crippen LogP contribution is -2.29. The minimum absolute atomic E-state index is 0.562. The van der Waals surface area contributed by atoms with E-state index in [4.69, 9.17) is 5.84 Å². The third-order valence-electron chi connectivity index (χ3n) is 2.51. The number of likely N-dealkylation sites (N-methyl/N-ethyl adjacent to an activating group) is 1. The molecule has 2 N–H and O–H groups in total. The van der Waals surface area contributed by atoms with Gasteiger partial charge in [0.25, 0.3) is 0 Å². The van der Waals surface area contributed by atoms with Gasteiger partial charge in [-0.3, -0.25) is 5.84 Å². The van der Waals surface area contributed by atoms with Crippen molar-refractivity contribution in [3.63, 3.8) is 0 Å². The Morgan fingerprint density at radius 1 is 1.33 bits per heavy atom. The van der Waals surface area contributed by atoms with Crippen LogP contribution in [0.5, 0.6) is 0 Å². The predicted molar refractivity (Wildman–Crippen MR) is 49.5 cm³/mol. The molecule has 2 heteroatoms. The van der Waals surface area contributed by atoms with Crippen LogP contribution in [0.25, 0.3) is 0 Å². The first-order valence-corrected chi connectivity index (χ1v) is 4.31. The lowest BCUT2D eigenvalue weighted by molar-refractivity contribution is 0.332. The van der Waals surface area contributed by atoms with Crippen LogP contribution >= 0.6 is 0 Å². The number of nitrogens with zero attached hydrogens (tertiary/aromatic N) is 1. The van der Waals surface area contributed by atoms with E-state index in [2.05, 4.69) is 24.3 Å². The van der Waals surface area contributed by atoms with Crippen molar-refractivity contribution < 1.29 is 0 Å². The molecule has 2 unspecified atom stereocenters. The highest BCUT2D eigenvalue weighted by atomic mass is 15.4. The summed E-state index contributed by atoms with van der Waals surface area (Å²) >= 11 is 0. The Kier molecular flexibility index (Phi) is 1.87. The fraction of sp³-hybridized carbons (Fsp3) is 0.400. The predicted octanol–water partition coefficient (Wildman–Crippen LogP) is 1.35. The highest BCUT2D eigenvalue weighted by molar-refractivity contribution is 5.27. The molecule has 0 radical (unpaired) electrons. The average Bonchev–Trinajstić information content (AvgIpc) is 2.84. The van der Waals surface area contributed by atoms with E-state index >= 15 is 0 Å². The standard InChI is InChI=1S/C10H14N2/c1-12(11)10-7-9(10)8-5-3-2-4-6-8/h2-6,9-10H,7,11H2,1H3. The molecule has 1 saturated carbocycles. The summed E-state index contributed by atoms with van der Waals surface area (Å²) in [6.07, 6.45) is 1.21. The first kappa shape index (κ1) is 7.77. The maximum atomic E-state index is 5.66. The van der Waals surface area contributed by atoms with Crippen molar-refractivity contribution in [2.75, 3.05) is 7.05 Å². The normalized spacial score (nSPS) is 27.6. The molecule has 2 atom stereocenters. The van der Waals surface area contributed by atoms with Crippen molar-refractivity contribution in [1.29, 1.82) is 0 Å². The minimum Gasteiger partial charge on any atom is -0.269 e. The number of rotatable bonds is 2. The third kappa shape index (κ3) is 1.36. The van der Waals surface area contributed by atoms with Gasteiger partial charge in [0.15, 0.2) is 0 Å². The van der Waals surface area contributed by atoms with Crippen LogP contribution in [0.4, 0.5) is 0 Å². The van der Waals surface area contributed by atoms with Gasteiger partial charge in [0.1, 0.15) is 0 Å². The highest BCUT2D eigenvalue weighted by Gasteiger charge is 2.40. The molecule has 0 amide bonds. The smallest absolute Gasteiger partial charge is 0.0313 e. The molecule has 2 nitrogen and oxygen atoms in total. The Hall–Kier alpha value is -0.860. The summed E-state index contributed by atoms with van der Waals surface area (Å²) in [5.41, 5.74) is 1.42. The molecule has 0 bridgehead atoms. The van der Waals surface area contributed by atoms with Crippen LogP contribution in [-0.4, -0.2) is 18.1 Å². The van der Waals surface area contributed by atoms with E-state index in [1.807, 2.05) is 18.1 Å². The summed E-state index contributed by atoms with van der Waals surface area (Å²) < 4.78 is 0. The van der Waals surface area contributed by atoms with Crippen molar-refractivity contribution in [3.05, 3.63) is 35.9 Å². The van der Waals surface area contributed by atoms with Crippen LogP contribution in [0.15, 0.2) is 30.3 Å². The number of benzene rings is 1. The first-order chi connectivity index (χ1) is 5.79. The SMILES string of the molecule is CN(N)C1CC1c1ccccc1. The molecule has 0 heterocycles. The monoisotopic (exact) mass is 162 g/mol. The summed E-state index contributed by atoms with van der Waals surface area (Å²) in [5, 5.41) is 1.82. The molecule has 1 aliphatic rings. The Labute approximate surface area is 73.0 Å². The van der Waals surface area contributed by atoms with Gasteiger partial charge in [-0.1, -0.05) is 30.3 Å². The van der Waals surface area contributed by atoms with E-state index < -0.39 is 0 Å². The molecule has 0 aliphatic heterocycles. The molecule has 2 rings (SSSR count). The van der Waals surface area contributed by atoms with Gasteiger partial charge in [-0.25, -0.2) is 5.01 Å². The average molecular weight is 162 g/mol. The number of nitrogens with two attached hydrogens (primary N) is 1. The van der Waals surface area contributed by atoms with Crippen molar-refractivity contribution >= 4 is 0 Å². The maximum Gasteiger partial charge on any atom is 0.0313 e. The van der Waals surface area contributed by atoms with Crippen LogP contribution in [0, 0.1) is 0 Å². The molecule has 12 heavy (non-hydrogen) atoms. The summed E-state index contributed by atoms with van der Waals surface area (Å²) in [4.78, 5) is 0. The molecule has 1 aliphatic carbocycles. The van der Waals surface area contributed by atoms with E-state index in [9.17, 15) is 0 Å². The van der Waals surface area contributed by atoms with Gasteiger partial charge >= 0.3 is 0 Å². The molecule has 0 saturated heterocycles. The first-order valence-electron chi connectivity index (χ1n) is 4.31. The molecule has 1 aromatic carbocycles. The van der Waals surface area contributed by atoms with Crippen LogP contribution in [0.2, 0.25) is 0 Å². The lowest BCUT2D eigenvalue weighted by Gasteiger charge is -2.07. The molecular weight excluding hydrogens is 148 g/mol. The van der Waals surface area contributed by atoms with E-state index in [-0.39, 0.29) is 0 Å². The molecule has 0 aromatic heterocycles. The molecule has 0 spiro atoms. The van der Waals surface area contributed by atoms with Crippen molar-refractivity contribution in [2.45, 2.75) is 18.4 Å². The molecule has 64 valence electrons. The summed E-state index contributed by atoms with van der Waals surface area (Å²) in [7, 11) is 1.94. The van der Waals surface area contributed by atoms with Gasteiger partial charge in [-0.05, 0) is 12.0 Å². The largest absolute Gasteiger partial charge is 0.269 e. The van der Waals surface area contributed by atoms with Gasteiger partial charge in [-0.15, -0.1) is 0 Å². The zero-order valence-corrected chi connectivity index (χ0v) is 7.27. The van der Waals surface area contributed by atoms with Gasteiger partial charge < -0.3 is 0 Å². The van der Waals surface area contributed by atoms with Gasteiger partial charge in [0, 0.05) is 19.0 Å². The van der Waals surface area contributed by atoms with Crippen LogP contribution in [0.3, 0.4) is 0 Å². The second kappa shape index (κ2) is 2.88.